The van der Waals surface area contributed by atoms with Gasteiger partial charge in [0.1, 0.15) is 6.61 Å². The lowest BCUT2D eigenvalue weighted by atomic mass is 10.2. The predicted molar refractivity (Wildman–Crippen MR) is 82.5 cm³/mol. The number of hydroxylamine groups is 2. The summed E-state index contributed by atoms with van der Waals surface area (Å²) < 4.78 is 0. The number of hydrogen-bond acceptors (Lipinski definition) is 4. The van der Waals surface area contributed by atoms with Gasteiger partial charge < -0.3 is 5.32 Å². The maximum absolute atomic E-state index is 5.84. The number of rotatable bonds is 7. The second kappa shape index (κ2) is 7.90. The Morgan fingerprint density at radius 3 is 2.80 bits per heavy atom. The van der Waals surface area contributed by atoms with Crippen molar-refractivity contribution in [2.45, 2.75) is 39.7 Å². The molecule has 1 aliphatic heterocycles. The summed E-state index contributed by atoms with van der Waals surface area (Å²) in [5, 5.41) is 5.24. The van der Waals surface area contributed by atoms with E-state index in [2.05, 4.69) is 48.4 Å². The van der Waals surface area contributed by atoms with E-state index in [0.29, 0.717) is 6.61 Å². The van der Waals surface area contributed by atoms with Gasteiger partial charge in [0.25, 0.3) is 0 Å². The zero-order chi connectivity index (χ0) is 14.2. The highest BCUT2D eigenvalue weighted by atomic mass is 16.7. The third kappa shape index (κ3) is 4.53. The van der Waals surface area contributed by atoms with E-state index >= 15 is 0 Å². The molecule has 0 unspecified atom stereocenters. The highest BCUT2D eigenvalue weighted by molar-refractivity contribution is 5.80. The van der Waals surface area contributed by atoms with Crippen LogP contribution in [0.3, 0.4) is 0 Å². The Morgan fingerprint density at radius 1 is 1.25 bits per heavy atom. The summed E-state index contributed by atoms with van der Waals surface area (Å²) in [6, 6.07) is 8.44. The van der Waals surface area contributed by atoms with Gasteiger partial charge in [-0.1, -0.05) is 49.6 Å². The Morgan fingerprint density at radius 2 is 2.05 bits per heavy atom. The maximum atomic E-state index is 5.84. The molecular weight excluding hydrogens is 250 g/mol. The van der Waals surface area contributed by atoms with Gasteiger partial charge in [0.15, 0.2) is 0 Å². The molecule has 2 rings (SSSR count). The Labute approximate surface area is 121 Å². The molecule has 1 heterocycles. The van der Waals surface area contributed by atoms with Crippen molar-refractivity contribution in [2.75, 3.05) is 19.6 Å². The predicted octanol–water partition coefficient (Wildman–Crippen LogP) is 2.88. The van der Waals surface area contributed by atoms with E-state index in [1.807, 2.05) is 5.06 Å². The van der Waals surface area contributed by atoms with Crippen LogP contribution in [0.4, 0.5) is 0 Å². The van der Waals surface area contributed by atoms with Gasteiger partial charge in [0.2, 0.25) is 5.96 Å². The quantitative estimate of drug-likeness (QED) is 0.777. The molecule has 0 atom stereocenters. The number of unbranched alkanes of at least 4 members (excludes halogenated alkanes) is 2. The van der Waals surface area contributed by atoms with Crippen molar-refractivity contribution in [3.05, 3.63) is 35.4 Å². The van der Waals surface area contributed by atoms with E-state index in [1.54, 1.807) is 0 Å². The molecule has 0 fully saturated rings. The average Bonchev–Trinajstić information content (AvgIpc) is 2.90. The normalized spacial score (nSPS) is 14.5. The van der Waals surface area contributed by atoms with Crippen molar-refractivity contribution < 1.29 is 4.84 Å². The smallest absolute Gasteiger partial charge is 0.218 e. The van der Waals surface area contributed by atoms with Gasteiger partial charge >= 0.3 is 0 Å². The molecule has 0 radical (unpaired) electrons. The SMILES string of the molecule is CCCCCNC1=NCCN1OCc1ccc(C)cc1. The molecule has 1 aliphatic rings. The Hall–Kier alpha value is -1.55. The first kappa shape index (κ1) is 14.9. The minimum absolute atomic E-state index is 0.593. The monoisotopic (exact) mass is 275 g/mol. The van der Waals surface area contributed by atoms with Gasteiger partial charge in [-0.15, -0.1) is 0 Å². The summed E-state index contributed by atoms with van der Waals surface area (Å²) >= 11 is 0. The minimum Gasteiger partial charge on any atom is -0.354 e. The number of nitrogens with zero attached hydrogens (tertiary/aromatic N) is 2. The van der Waals surface area contributed by atoms with Gasteiger partial charge in [0, 0.05) is 6.54 Å². The third-order valence-corrected chi connectivity index (χ3v) is 3.37. The van der Waals surface area contributed by atoms with Crippen LogP contribution in [-0.4, -0.2) is 30.7 Å². The number of hydrogen-bond donors (Lipinski definition) is 1. The summed E-state index contributed by atoms with van der Waals surface area (Å²) in [7, 11) is 0. The molecule has 0 saturated carbocycles. The van der Waals surface area contributed by atoms with E-state index in [4.69, 9.17) is 4.84 Å². The first-order valence-electron chi connectivity index (χ1n) is 7.54. The van der Waals surface area contributed by atoms with E-state index in [0.717, 1.165) is 25.6 Å². The molecule has 1 N–H and O–H groups in total. The van der Waals surface area contributed by atoms with Crippen molar-refractivity contribution in [2.24, 2.45) is 4.99 Å². The first-order valence-corrected chi connectivity index (χ1v) is 7.54. The fourth-order valence-electron chi connectivity index (χ4n) is 2.11. The Balaban J connectivity index is 1.74. The van der Waals surface area contributed by atoms with Crippen molar-refractivity contribution in [3.63, 3.8) is 0 Å². The summed E-state index contributed by atoms with van der Waals surface area (Å²) in [6.45, 7) is 7.51. The number of aliphatic imine (C=N–C) groups is 1. The lowest BCUT2D eigenvalue weighted by Crippen LogP contribution is -2.38. The topological polar surface area (TPSA) is 36.9 Å². The molecule has 0 saturated heterocycles. The molecule has 4 heteroatoms. The van der Waals surface area contributed by atoms with E-state index in [1.165, 1.54) is 30.4 Å². The molecular formula is C16H25N3O. The second-order valence-corrected chi connectivity index (χ2v) is 5.20. The standard InChI is InChI=1S/C16H25N3O/c1-3-4-5-10-17-16-18-11-12-19(16)20-13-15-8-6-14(2)7-9-15/h6-9H,3-5,10-13H2,1-2H3,(H,17,18). The van der Waals surface area contributed by atoms with Gasteiger partial charge in [-0.25, -0.2) is 10.1 Å². The second-order valence-electron chi connectivity index (χ2n) is 5.20. The van der Waals surface area contributed by atoms with Crippen molar-refractivity contribution in [1.82, 2.24) is 10.4 Å². The lowest BCUT2D eigenvalue weighted by Gasteiger charge is -2.20. The zero-order valence-electron chi connectivity index (χ0n) is 12.6. The van der Waals surface area contributed by atoms with Crippen molar-refractivity contribution in [3.8, 4) is 0 Å². The van der Waals surface area contributed by atoms with Crippen LogP contribution >= 0.6 is 0 Å². The Bertz CT molecular complexity index is 428. The van der Waals surface area contributed by atoms with Crippen molar-refractivity contribution >= 4 is 5.96 Å². The molecule has 0 amide bonds. The molecule has 1 aromatic carbocycles. The molecule has 0 aliphatic carbocycles. The van der Waals surface area contributed by atoms with Gasteiger partial charge in [-0.05, 0) is 18.9 Å². The summed E-state index contributed by atoms with van der Waals surface area (Å²) in [5.41, 5.74) is 2.46. The fourth-order valence-corrected chi connectivity index (χ4v) is 2.11. The third-order valence-electron chi connectivity index (χ3n) is 3.37. The summed E-state index contributed by atoms with van der Waals surface area (Å²) in [6.07, 6.45) is 3.67. The van der Waals surface area contributed by atoms with Crippen molar-refractivity contribution in [1.29, 1.82) is 0 Å². The van der Waals surface area contributed by atoms with E-state index in [-0.39, 0.29) is 0 Å². The molecule has 20 heavy (non-hydrogen) atoms. The van der Waals surface area contributed by atoms with Crippen LogP contribution in [0.15, 0.2) is 29.3 Å². The average molecular weight is 275 g/mol. The molecule has 1 aromatic rings. The molecule has 0 aromatic heterocycles. The zero-order valence-corrected chi connectivity index (χ0v) is 12.6. The van der Waals surface area contributed by atoms with Crippen LogP contribution in [0.2, 0.25) is 0 Å². The highest BCUT2D eigenvalue weighted by Crippen LogP contribution is 2.08. The van der Waals surface area contributed by atoms with Gasteiger partial charge in [-0.3, -0.25) is 4.84 Å². The van der Waals surface area contributed by atoms with Crippen LogP contribution in [0.1, 0.15) is 37.3 Å². The van der Waals surface area contributed by atoms with Crippen LogP contribution in [-0.2, 0) is 11.4 Å². The van der Waals surface area contributed by atoms with Gasteiger partial charge in [0.05, 0.1) is 13.1 Å². The molecule has 0 bridgehead atoms. The number of guanidine groups is 1. The largest absolute Gasteiger partial charge is 0.354 e. The molecule has 0 spiro atoms. The fraction of sp³-hybridized carbons (Fsp3) is 0.562. The van der Waals surface area contributed by atoms with Gasteiger partial charge in [-0.2, -0.15) is 0 Å². The summed E-state index contributed by atoms with van der Waals surface area (Å²) in [4.78, 5) is 10.3. The van der Waals surface area contributed by atoms with Crippen LogP contribution < -0.4 is 5.32 Å². The van der Waals surface area contributed by atoms with E-state index < -0.39 is 0 Å². The summed E-state index contributed by atoms with van der Waals surface area (Å²) in [5.74, 6) is 0.883. The molecule has 110 valence electrons. The first-order chi connectivity index (χ1) is 9.79. The number of aryl methyl sites for hydroxylation is 1. The highest BCUT2D eigenvalue weighted by Gasteiger charge is 2.17. The lowest BCUT2D eigenvalue weighted by molar-refractivity contribution is -0.105. The van der Waals surface area contributed by atoms with Crippen LogP contribution in [0.5, 0.6) is 0 Å². The minimum atomic E-state index is 0.593. The van der Waals surface area contributed by atoms with Crippen LogP contribution in [0, 0.1) is 6.92 Å². The van der Waals surface area contributed by atoms with Crippen LogP contribution in [0.25, 0.3) is 0 Å². The molecule has 4 nitrogen and oxygen atoms in total. The number of benzene rings is 1. The number of nitrogens with one attached hydrogen (secondary N) is 1. The van der Waals surface area contributed by atoms with E-state index in [9.17, 15) is 0 Å². The maximum Gasteiger partial charge on any atom is 0.218 e. The Kier molecular flexibility index (Phi) is 5.87.